The van der Waals surface area contributed by atoms with Gasteiger partial charge in [0, 0.05) is 19.5 Å². The number of rotatable bonds is 1. The number of anilines is 1. The Bertz CT molecular complexity index is 518. The van der Waals surface area contributed by atoms with Crippen molar-refractivity contribution in [3.05, 3.63) is 23.8 Å². The van der Waals surface area contributed by atoms with Crippen LogP contribution < -0.4 is 5.32 Å². The Balaban J connectivity index is 2.85. The highest BCUT2D eigenvalue weighted by Crippen LogP contribution is 2.33. The third kappa shape index (κ3) is 1.56. The van der Waals surface area contributed by atoms with Gasteiger partial charge in [0.15, 0.2) is 5.82 Å². The molecule has 0 saturated heterocycles. The lowest BCUT2D eigenvalue weighted by Gasteiger charge is -2.20. The molecule has 16 heavy (non-hydrogen) atoms. The average Bonchev–Trinajstić information content (AvgIpc) is 2.54. The molecule has 0 fully saturated rings. The fourth-order valence-corrected chi connectivity index (χ4v) is 2.11. The Kier molecular flexibility index (Phi) is 2.41. The lowest BCUT2D eigenvalue weighted by molar-refractivity contribution is 0.596. The van der Waals surface area contributed by atoms with E-state index in [1.54, 1.807) is 0 Å². The summed E-state index contributed by atoms with van der Waals surface area (Å²) in [6, 6.07) is 6.40. The van der Waals surface area contributed by atoms with Gasteiger partial charge in [-0.2, -0.15) is 5.10 Å². The summed E-state index contributed by atoms with van der Waals surface area (Å²) in [6.45, 7) is 6.69. The first-order valence-corrected chi connectivity index (χ1v) is 5.59. The summed E-state index contributed by atoms with van der Waals surface area (Å²) >= 11 is 0. The van der Waals surface area contributed by atoms with E-state index in [1.807, 2.05) is 18.8 Å². The first kappa shape index (κ1) is 11.0. The van der Waals surface area contributed by atoms with Crippen molar-refractivity contribution < 1.29 is 0 Å². The first-order chi connectivity index (χ1) is 7.45. The maximum absolute atomic E-state index is 4.49. The number of hydrogen-bond donors (Lipinski definition) is 1. The number of benzene rings is 1. The smallest absolute Gasteiger partial charge is 0.156 e. The Morgan fingerprint density at radius 3 is 2.50 bits per heavy atom. The molecule has 0 saturated carbocycles. The molecule has 0 amide bonds. The second-order valence-corrected chi connectivity index (χ2v) is 5.17. The first-order valence-electron chi connectivity index (χ1n) is 5.59. The van der Waals surface area contributed by atoms with Gasteiger partial charge >= 0.3 is 0 Å². The number of nitrogens with one attached hydrogen (secondary N) is 1. The number of aromatic nitrogens is 2. The van der Waals surface area contributed by atoms with E-state index in [0.29, 0.717) is 0 Å². The molecule has 86 valence electrons. The zero-order valence-electron chi connectivity index (χ0n) is 10.6. The van der Waals surface area contributed by atoms with E-state index < -0.39 is 0 Å². The highest BCUT2D eigenvalue weighted by atomic mass is 15.3. The van der Waals surface area contributed by atoms with Gasteiger partial charge in [0.25, 0.3) is 0 Å². The van der Waals surface area contributed by atoms with Crippen molar-refractivity contribution in [1.29, 1.82) is 0 Å². The minimum absolute atomic E-state index is 0.133. The summed E-state index contributed by atoms with van der Waals surface area (Å²) in [7, 11) is 3.90. The third-order valence-electron chi connectivity index (χ3n) is 2.92. The fraction of sp³-hybridized carbons (Fsp3) is 0.462. The largest absolute Gasteiger partial charge is 0.371 e. The van der Waals surface area contributed by atoms with Crippen LogP contribution in [0.2, 0.25) is 0 Å². The highest BCUT2D eigenvalue weighted by Gasteiger charge is 2.20. The molecular formula is C13H19N3. The molecule has 0 aliphatic carbocycles. The second kappa shape index (κ2) is 3.51. The molecule has 2 aromatic rings. The van der Waals surface area contributed by atoms with Crippen LogP contribution in [0.15, 0.2) is 18.2 Å². The normalized spacial score (nSPS) is 12.1. The van der Waals surface area contributed by atoms with Gasteiger partial charge in [0.2, 0.25) is 0 Å². The van der Waals surface area contributed by atoms with E-state index in [0.717, 1.165) is 5.82 Å². The SMILES string of the molecule is CNc1nn(C)c2cccc(C(C)(C)C)c12. The van der Waals surface area contributed by atoms with Gasteiger partial charge in [-0.25, -0.2) is 0 Å². The predicted octanol–water partition coefficient (Wildman–Crippen LogP) is 2.91. The maximum atomic E-state index is 4.49. The summed E-state index contributed by atoms with van der Waals surface area (Å²) in [5.41, 5.74) is 2.65. The van der Waals surface area contributed by atoms with Crippen molar-refractivity contribution in [2.24, 2.45) is 7.05 Å². The molecule has 0 spiro atoms. The molecule has 0 atom stereocenters. The van der Waals surface area contributed by atoms with Crippen LogP contribution in [-0.2, 0) is 12.5 Å². The van der Waals surface area contributed by atoms with Crippen molar-refractivity contribution in [3.8, 4) is 0 Å². The van der Waals surface area contributed by atoms with Crippen LogP contribution in [0.3, 0.4) is 0 Å². The lowest BCUT2D eigenvalue weighted by atomic mass is 9.85. The van der Waals surface area contributed by atoms with E-state index in [2.05, 4.69) is 49.4 Å². The Morgan fingerprint density at radius 1 is 1.25 bits per heavy atom. The van der Waals surface area contributed by atoms with Crippen LogP contribution in [0, 0.1) is 0 Å². The zero-order valence-corrected chi connectivity index (χ0v) is 10.6. The van der Waals surface area contributed by atoms with Gasteiger partial charge < -0.3 is 5.32 Å². The minimum atomic E-state index is 0.133. The standard InChI is InChI=1S/C13H19N3/c1-13(2,3)9-7-6-8-10-11(9)12(14-4)15-16(10)5/h6-8H,1-5H3,(H,14,15). The molecular weight excluding hydrogens is 198 g/mol. The van der Waals surface area contributed by atoms with Crippen molar-refractivity contribution in [2.75, 3.05) is 12.4 Å². The summed E-state index contributed by atoms with van der Waals surface area (Å²) in [5, 5.41) is 8.90. The van der Waals surface area contributed by atoms with E-state index >= 15 is 0 Å². The van der Waals surface area contributed by atoms with Gasteiger partial charge in [-0.05, 0) is 17.0 Å². The molecule has 2 rings (SSSR count). The molecule has 3 nitrogen and oxygen atoms in total. The fourth-order valence-electron chi connectivity index (χ4n) is 2.11. The van der Waals surface area contributed by atoms with E-state index in [4.69, 9.17) is 0 Å². The molecule has 1 aromatic carbocycles. The van der Waals surface area contributed by atoms with Crippen molar-refractivity contribution >= 4 is 16.7 Å². The topological polar surface area (TPSA) is 29.9 Å². The predicted molar refractivity (Wildman–Crippen MR) is 69.0 cm³/mol. The van der Waals surface area contributed by atoms with E-state index in [1.165, 1.54) is 16.5 Å². The zero-order chi connectivity index (χ0) is 11.9. The molecule has 0 radical (unpaired) electrons. The molecule has 0 aliphatic heterocycles. The highest BCUT2D eigenvalue weighted by molar-refractivity contribution is 5.93. The minimum Gasteiger partial charge on any atom is -0.371 e. The van der Waals surface area contributed by atoms with Crippen LogP contribution in [0.4, 0.5) is 5.82 Å². The van der Waals surface area contributed by atoms with E-state index in [9.17, 15) is 0 Å². The van der Waals surface area contributed by atoms with Crippen LogP contribution >= 0.6 is 0 Å². The van der Waals surface area contributed by atoms with Gasteiger partial charge in [0.1, 0.15) is 0 Å². The lowest BCUT2D eigenvalue weighted by Crippen LogP contribution is -2.11. The monoisotopic (exact) mass is 217 g/mol. The summed E-state index contributed by atoms with van der Waals surface area (Å²) in [5.74, 6) is 0.961. The average molecular weight is 217 g/mol. The summed E-state index contributed by atoms with van der Waals surface area (Å²) in [4.78, 5) is 0. The quantitative estimate of drug-likeness (QED) is 0.796. The van der Waals surface area contributed by atoms with Gasteiger partial charge in [-0.1, -0.05) is 32.9 Å². The number of nitrogens with zero attached hydrogens (tertiary/aromatic N) is 2. The molecule has 0 bridgehead atoms. The van der Waals surface area contributed by atoms with Crippen LogP contribution in [0.1, 0.15) is 26.3 Å². The van der Waals surface area contributed by atoms with Gasteiger partial charge in [-0.15, -0.1) is 0 Å². The van der Waals surface area contributed by atoms with E-state index in [-0.39, 0.29) is 5.41 Å². The molecule has 1 N–H and O–H groups in total. The number of fused-ring (bicyclic) bond motifs is 1. The molecule has 0 unspecified atom stereocenters. The maximum Gasteiger partial charge on any atom is 0.156 e. The van der Waals surface area contributed by atoms with Crippen LogP contribution in [0.25, 0.3) is 10.9 Å². The van der Waals surface area contributed by atoms with Crippen molar-refractivity contribution in [3.63, 3.8) is 0 Å². The van der Waals surface area contributed by atoms with Gasteiger partial charge in [0.05, 0.1) is 5.52 Å². The summed E-state index contributed by atoms with van der Waals surface area (Å²) < 4.78 is 1.93. The third-order valence-corrected chi connectivity index (χ3v) is 2.92. The van der Waals surface area contributed by atoms with Crippen LogP contribution in [0.5, 0.6) is 0 Å². The molecule has 1 aromatic heterocycles. The van der Waals surface area contributed by atoms with Crippen LogP contribution in [-0.4, -0.2) is 16.8 Å². The Labute approximate surface area is 96.5 Å². The molecule has 0 aliphatic rings. The Morgan fingerprint density at radius 2 is 1.94 bits per heavy atom. The second-order valence-electron chi connectivity index (χ2n) is 5.17. The Hall–Kier alpha value is -1.51. The van der Waals surface area contributed by atoms with Crippen molar-refractivity contribution in [1.82, 2.24) is 9.78 Å². The molecule has 1 heterocycles. The molecule has 3 heteroatoms. The summed E-state index contributed by atoms with van der Waals surface area (Å²) in [6.07, 6.45) is 0. The number of aryl methyl sites for hydroxylation is 1. The number of hydrogen-bond acceptors (Lipinski definition) is 2. The van der Waals surface area contributed by atoms with Crippen molar-refractivity contribution in [2.45, 2.75) is 26.2 Å². The van der Waals surface area contributed by atoms with Gasteiger partial charge in [-0.3, -0.25) is 4.68 Å².